The Balaban J connectivity index is 0.00000289. The van der Waals surface area contributed by atoms with Gasteiger partial charge >= 0.3 is 0 Å². The van der Waals surface area contributed by atoms with Crippen LogP contribution in [0.1, 0.15) is 38.2 Å². The Labute approximate surface area is 209 Å². The van der Waals surface area contributed by atoms with Crippen LogP contribution < -0.4 is 10.2 Å². The Bertz CT molecular complexity index is 752. The summed E-state index contributed by atoms with van der Waals surface area (Å²) in [4.78, 5) is 30.8. The smallest absolute Gasteiger partial charge is 0.239 e. The molecule has 9 heteroatoms. The van der Waals surface area contributed by atoms with Crippen molar-refractivity contribution in [2.24, 2.45) is 4.99 Å². The minimum Gasteiger partial charge on any atom is -0.357 e. The number of nitrogens with zero attached hydrogens (tertiary/aromatic N) is 6. The second-order valence-corrected chi connectivity index (χ2v) is 8.85. The van der Waals surface area contributed by atoms with Crippen molar-refractivity contribution in [3.8, 4) is 0 Å². The molecular formula is C23H38IN7O. The third-order valence-corrected chi connectivity index (χ3v) is 6.84. The molecule has 3 fully saturated rings. The molecule has 3 saturated heterocycles. The van der Waals surface area contributed by atoms with Gasteiger partial charge in [0, 0.05) is 72.1 Å². The van der Waals surface area contributed by atoms with Gasteiger partial charge in [-0.05, 0) is 44.2 Å². The number of hydrogen-bond acceptors (Lipinski definition) is 5. The summed E-state index contributed by atoms with van der Waals surface area (Å²) in [5.41, 5.74) is 1.16. The highest BCUT2D eigenvalue weighted by Crippen LogP contribution is 2.18. The maximum Gasteiger partial charge on any atom is 0.239 e. The third-order valence-electron chi connectivity index (χ3n) is 6.84. The Hall–Kier alpha value is -1.62. The second kappa shape index (κ2) is 12.0. The van der Waals surface area contributed by atoms with Crippen LogP contribution in [0, 0.1) is 0 Å². The molecule has 3 aliphatic heterocycles. The number of hydrogen-bond donors (Lipinski definition) is 1. The number of guanidine groups is 1. The number of carbonyl (C=O) groups excluding carboxylic acids is 1. The van der Waals surface area contributed by atoms with E-state index < -0.39 is 0 Å². The number of nitrogens with one attached hydrogen (secondary N) is 1. The van der Waals surface area contributed by atoms with Crippen LogP contribution in [0.3, 0.4) is 0 Å². The molecule has 0 radical (unpaired) electrons. The zero-order chi connectivity index (χ0) is 21.6. The van der Waals surface area contributed by atoms with E-state index >= 15 is 0 Å². The van der Waals surface area contributed by atoms with Gasteiger partial charge in [0.25, 0.3) is 0 Å². The van der Waals surface area contributed by atoms with Gasteiger partial charge < -0.3 is 20.0 Å². The lowest BCUT2D eigenvalue weighted by Crippen LogP contribution is -2.57. The van der Waals surface area contributed by atoms with E-state index in [4.69, 9.17) is 0 Å². The molecule has 32 heavy (non-hydrogen) atoms. The van der Waals surface area contributed by atoms with Crippen LogP contribution in [-0.4, -0.2) is 97.0 Å². The first-order chi connectivity index (χ1) is 15.2. The molecule has 1 unspecified atom stereocenters. The van der Waals surface area contributed by atoms with Gasteiger partial charge in [0.05, 0.1) is 6.04 Å². The lowest BCUT2D eigenvalue weighted by molar-refractivity contribution is -0.135. The molecule has 0 spiro atoms. The maximum absolute atomic E-state index is 12.7. The van der Waals surface area contributed by atoms with Crippen LogP contribution in [0.25, 0.3) is 0 Å². The normalized spacial score (nSPS) is 20.9. The maximum atomic E-state index is 12.7. The molecule has 4 rings (SSSR count). The number of amides is 1. The third kappa shape index (κ3) is 6.03. The van der Waals surface area contributed by atoms with Crippen LogP contribution >= 0.6 is 24.0 Å². The van der Waals surface area contributed by atoms with E-state index in [1.54, 1.807) is 0 Å². The fourth-order valence-corrected chi connectivity index (χ4v) is 4.85. The molecule has 1 atom stereocenters. The minimum atomic E-state index is -0.0320. The van der Waals surface area contributed by atoms with E-state index in [0.717, 1.165) is 82.5 Å². The first kappa shape index (κ1) is 25.0. The number of carbonyl (C=O) groups is 1. The highest BCUT2D eigenvalue weighted by atomic mass is 127. The lowest BCUT2D eigenvalue weighted by atomic mass is 10.2. The predicted octanol–water partition coefficient (Wildman–Crippen LogP) is 2.00. The molecule has 3 aliphatic rings. The monoisotopic (exact) mass is 555 g/mol. The van der Waals surface area contributed by atoms with Crippen molar-refractivity contribution in [1.82, 2.24) is 25.0 Å². The fourth-order valence-electron chi connectivity index (χ4n) is 4.85. The summed E-state index contributed by atoms with van der Waals surface area (Å²) in [7, 11) is 1.84. The average Bonchev–Trinajstić information content (AvgIpc) is 3.54. The summed E-state index contributed by atoms with van der Waals surface area (Å²) < 4.78 is 0. The number of aromatic nitrogens is 1. The number of aliphatic imine (C=N–C) groups is 1. The Morgan fingerprint density at radius 2 is 1.66 bits per heavy atom. The molecule has 0 aromatic carbocycles. The zero-order valence-electron chi connectivity index (χ0n) is 19.5. The van der Waals surface area contributed by atoms with Crippen LogP contribution in [0.15, 0.2) is 23.3 Å². The molecule has 0 aliphatic carbocycles. The van der Waals surface area contributed by atoms with E-state index in [2.05, 4.69) is 49.0 Å². The number of anilines is 1. The van der Waals surface area contributed by atoms with Crippen molar-refractivity contribution < 1.29 is 4.79 Å². The predicted molar refractivity (Wildman–Crippen MR) is 140 cm³/mol. The molecule has 4 heterocycles. The van der Waals surface area contributed by atoms with E-state index in [0.29, 0.717) is 12.5 Å². The van der Waals surface area contributed by atoms with Crippen molar-refractivity contribution in [2.45, 2.75) is 45.2 Å². The van der Waals surface area contributed by atoms with Crippen molar-refractivity contribution >= 4 is 41.7 Å². The van der Waals surface area contributed by atoms with Crippen molar-refractivity contribution in [1.29, 1.82) is 0 Å². The summed E-state index contributed by atoms with van der Waals surface area (Å²) in [5.74, 6) is 2.29. The summed E-state index contributed by atoms with van der Waals surface area (Å²) in [6.45, 7) is 10.4. The number of pyridine rings is 1. The van der Waals surface area contributed by atoms with Gasteiger partial charge in [0.2, 0.25) is 5.91 Å². The SMILES string of the molecule is CN=C(NCc1ccc(N2CCCC2)nc1)N1CCN(C(C)C(=O)N2CCCC2)CC1.I. The summed E-state index contributed by atoms with van der Waals surface area (Å²) in [6, 6.07) is 4.25. The topological polar surface area (TPSA) is 67.3 Å². The molecule has 8 nitrogen and oxygen atoms in total. The van der Waals surface area contributed by atoms with Gasteiger partial charge in [-0.15, -0.1) is 24.0 Å². The molecule has 1 N–H and O–H groups in total. The molecule has 178 valence electrons. The zero-order valence-corrected chi connectivity index (χ0v) is 21.8. The highest BCUT2D eigenvalue weighted by Gasteiger charge is 2.30. The van der Waals surface area contributed by atoms with Crippen LogP contribution in [-0.2, 0) is 11.3 Å². The van der Waals surface area contributed by atoms with Crippen LogP contribution in [0.2, 0.25) is 0 Å². The van der Waals surface area contributed by atoms with Gasteiger partial charge in [-0.25, -0.2) is 4.98 Å². The van der Waals surface area contributed by atoms with Gasteiger partial charge in [0.1, 0.15) is 5.82 Å². The first-order valence-corrected chi connectivity index (χ1v) is 11.8. The fraction of sp³-hybridized carbons (Fsp3) is 0.696. The van der Waals surface area contributed by atoms with Gasteiger partial charge in [-0.2, -0.15) is 0 Å². The van der Waals surface area contributed by atoms with Gasteiger partial charge in [0.15, 0.2) is 5.96 Å². The summed E-state index contributed by atoms with van der Waals surface area (Å²) in [6.07, 6.45) is 6.78. The average molecular weight is 556 g/mol. The van der Waals surface area contributed by atoms with Crippen molar-refractivity contribution in [3.05, 3.63) is 23.9 Å². The van der Waals surface area contributed by atoms with Crippen molar-refractivity contribution in [2.75, 3.05) is 64.3 Å². The Morgan fingerprint density at radius 1 is 1.00 bits per heavy atom. The summed E-state index contributed by atoms with van der Waals surface area (Å²) >= 11 is 0. The van der Waals surface area contributed by atoms with Gasteiger partial charge in [-0.1, -0.05) is 6.07 Å². The molecule has 1 aromatic heterocycles. The molecule has 0 bridgehead atoms. The Morgan fingerprint density at radius 3 is 2.25 bits per heavy atom. The summed E-state index contributed by atoms with van der Waals surface area (Å²) in [5, 5.41) is 3.48. The lowest BCUT2D eigenvalue weighted by Gasteiger charge is -2.39. The molecule has 1 aromatic rings. The van der Waals surface area contributed by atoms with Crippen LogP contribution in [0.4, 0.5) is 5.82 Å². The first-order valence-electron chi connectivity index (χ1n) is 11.8. The number of halogens is 1. The number of rotatable bonds is 5. The minimum absolute atomic E-state index is 0. The quantitative estimate of drug-likeness (QED) is 0.341. The molecule has 0 saturated carbocycles. The van der Waals surface area contributed by atoms with E-state index in [9.17, 15) is 4.79 Å². The molecule has 1 amide bonds. The Kier molecular flexibility index (Phi) is 9.39. The van der Waals surface area contributed by atoms with E-state index in [1.165, 1.54) is 12.8 Å². The van der Waals surface area contributed by atoms with Crippen molar-refractivity contribution in [3.63, 3.8) is 0 Å². The second-order valence-electron chi connectivity index (χ2n) is 8.85. The number of piperazine rings is 1. The van der Waals surface area contributed by atoms with Gasteiger partial charge in [-0.3, -0.25) is 14.7 Å². The van der Waals surface area contributed by atoms with Crippen LogP contribution in [0.5, 0.6) is 0 Å². The van der Waals surface area contributed by atoms with E-state index in [1.807, 2.05) is 18.1 Å². The van der Waals surface area contributed by atoms with E-state index in [-0.39, 0.29) is 30.0 Å². The molecular weight excluding hydrogens is 517 g/mol. The standard InChI is InChI=1S/C23H37N7O.HI/c1-19(22(31)29-11-5-6-12-29)27-13-15-30(16-14-27)23(24-2)26-18-20-7-8-21(25-17-20)28-9-3-4-10-28;/h7-8,17,19H,3-6,9-16,18H2,1-2H3,(H,24,26);1H. The largest absolute Gasteiger partial charge is 0.357 e. The highest BCUT2D eigenvalue weighted by molar-refractivity contribution is 14.0. The number of likely N-dealkylation sites (tertiary alicyclic amines) is 1.